The van der Waals surface area contributed by atoms with Gasteiger partial charge in [-0.15, -0.1) is 0 Å². The molecule has 1 aliphatic rings. The van der Waals surface area contributed by atoms with E-state index in [1.807, 2.05) is 13.8 Å². The van der Waals surface area contributed by atoms with E-state index in [0.717, 1.165) is 44.9 Å². The number of carboxylic acids is 1. The quantitative estimate of drug-likeness (QED) is 0.0223. The first-order valence-corrected chi connectivity index (χ1v) is 27.9. The highest BCUT2D eigenvalue weighted by Gasteiger charge is 2.42. The molecule has 21 heteroatoms. The standard InChI is InChI=1S/C58H88F2N6O13/c1-10-11-12-13-14-15-16-23-28-46(39(4)53(71)66(9)45(54(72)73)33-38(2)3)78-47(67)35-61-51(69)48(40(5)76-36-41-24-19-17-20-25-41)64-50(68)44(34-62-55(74)77-37-42-26-21-18-22-27-42)63-52(70)49(65-56(75)79-57(6,7)8)43-29-31-58(59,60)32-30-43/h17-22,24-27,38-40,43-46,48-49H,10-16,23,28-37H2,1-9H3,(H,61,69)(H,62,74)(H,63,70)(H,64,68)(H,65,75)(H,72,73). The molecule has 0 aromatic heterocycles. The fourth-order valence-corrected chi connectivity index (χ4v) is 9.08. The molecule has 0 spiro atoms. The van der Waals surface area contributed by atoms with Crippen LogP contribution in [0, 0.1) is 17.8 Å². The minimum Gasteiger partial charge on any atom is -0.480 e. The number of ether oxygens (including phenoxy) is 4. The molecule has 19 nitrogen and oxygen atoms in total. The Kier molecular flexibility index (Phi) is 28.7. The van der Waals surface area contributed by atoms with Gasteiger partial charge in [-0.1, -0.05) is 133 Å². The number of unbranched alkanes of at least 4 members (excludes halogenated alkanes) is 7. The summed E-state index contributed by atoms with van der Waals surface area (Å²) < 4.78 is 51.6. The number of alkyl carbamates (subject to hydrolysis) is 2. The van der Waals surface area contributed by atoms with Crippen molar-refractivity contribution < 1.29 is 71.2 Å². The van der Waals surface area contributed by atoms with Crippen molar-refractivity contribution in [1.29, 1.82) is 0 Å². The van der Waals surface area contributed by atoms with Crippen LogP contribution in [0.15, 0.2) is 60.7 Å². The number of amides is 6. The predicted octanol–water partition coefficient (Wildman–Crippen LogP) is 8.36. The van der Waals surface area contributed by atoms with Crippen LogP contribution in [0.2, 0.25) is 0 Å². The number of benzene rings is 2. The summed E-state index contributed by atoms with van der Waals surface area (Å²) in [5.74, 6) is -10.4. The van der Waals surface area contributed by atoms with Gasteiger partial charge in [0, 0.05) is 19.9 Å². The Balaban J connectivity index is 1.93. The van der Waals surface area contributed by atoms with Crippen LogP contribution in [0.25, 0.3) is 0 Å². The number of hydrogen-bond donors (Lipinski definition) is 6. The summed E-state index contributed by atoms with van der Waals surface area (Å²) in [5.41, 5.74) is 0.357. The minimum absolute atomic E-state index is 0.0300. The maximum absolute atomic E-state index is 14.6. The van der Waals surface area contributed by atoms with Crippen LogP contribution in [-0.4, -0.2) is 126 Å². The lowest BCUT2D eigenvalue weighted by molar-refractivity contribution is -0.160. The van der Waals surface area contributed by atoms with Crippen LogP contribution in [-0.2, 0) is 60.9 Å². The van der Waals surface area contributed by atoms with Crippen LogP contribution in [0.4, 0.5) is 18.4 Å². The highest BCUT2D eigenvalue weighted by atomic mass is 19.3. The van der Waals surface area contributed by atoms with Crippen molar-refractivity contribution in [3.05, 3.63) is 71.8 Å². The third-order valence-electron chi connectivity index (χ3n) is 13.7. The van der Waals surface area contributed by atoms with Crippen molar-refractivity contribution in [2.45, 2.75) is 206 Å². The monoisotopic (exact) mass is 1110 g/mol. The van der Waals surface area contributed by atoms with Crippen molar-refractivity contribution >= 4 is 47.8 Å². The number of likely N-dealkylation sites (N-methyl/N-ethyl adjacent to an activating group) is 1. The minimum atomic E-state index is -2.99. The van der Waals surface area contributed by atoms with E-state index in [0.29, 0.717) is 17.5 Å². The molecule has 1 fully saturated rings. The number of alkyl halides is 2. The zero-order valence-electron chi connectivity index (χ0n) is 47.7. The molecule has 3 rings (SSSR count). The molecule has 1 aliphatic carbocycles. The van der Waals surface area contributed by atoms with Gasteiger partial charge in [-0.2, -0.15) is 0 Å². The molecule has 7 atom stereocenters. The molecule has 1 saturated carbocycles. The van der Waals surface area contributed by atoms with Gasteiger partial charge in [0.05, 0.1) is 25.2 Å². The molecular weight excluding hydrogens is 1030 g/mol. The Bertz CT molecular complexity index is 2220. The Morgan fingerprint density at radius 1 is 0.734 bits per heavy atom. The topological polar surface area (TPSA) is 257 Å². The van der Waals surface area contributed by atoms with Crippen molar-refractivity contribution in [2.24, 2.45) is 17.8 Å². The van der Waals surface area contributed by atoms with Gasteiger partial charge < -0.3 is 55.5 Å². The van der Waals surface area contributed by atoms with Crippen molar-refractivity contribution in [3.63, 3.8) is 0 Å². The molecule has 7 unspecified atom stereocenters. The molecule has 2 aromatic rings. The number of carbonyl (C=O) groups excluding carboxylic acids is 7. The third-order valence-corrected chi connectivity index (χ3v) is 13.7. The maximum Gasteiger partial charge on any atom is 0.408 e. The van der Waals surface area contributed by atoms with Gasteiger partial charge in [-0.3, -0.25) is 24.0 Å². The van der Waals surface area contributed by atoms with Crippen molar-refractivity contribution in [1.82, 2.24) is 31.5 Å². The van der Waals surface area contributed by atoms with E-state index >= 15 is 0 Å². The average molecular weight is 1120 g/mol. The van der Waals surface area contributed by atoms with Crippen LogP contribution in [0.5, 0.6) is 0 Å². The number of carbonyl (C=O) groups is 8. The Morgan fingerprint density at radius 3 is 1.86 bits per heavy atom. The molecular formula is C58H88F2N6O13. The maximum atomic E-state index is 14.6. The van der Waals surface area contributed by atoms with Gasteiger partial charge in [0.1, 0.15) is 49.0 Å². The molecule has 0 saturated heterocycles. The van der Waals surface area contributed by atoms with E-state index in [-0.39, 0.29) is 44.8 Å². The molecule has 0 radical (unpaired) electrons. The van der Waals surface area contributed by atoms with Gasteiger partial charge >= 0.3 is 24.1 Å². The van der Waals surface area contributed by atoms with Gasteiger partial charge in [0.2, 0.25) is 29.6 Å². The Morgan fingerprint density at radius 2 is 1.30 bits per heavy atom. The second-order valence-electron chi connectivity index (χ2n) is 22.0. The number of carboxylic acid groups (broad SMARTS) is 1. The summed E-state index contributed by atoms with van der Waals surface area (Å²) in [5, 5.41) is 22.6. The first-order chi connectivity index (χ1) is 37.3. The van der Waals surface area contributed by atoms with Gasteiger partial charge in [-0.25, -0.2) is 23.2 Å². The van der Waals surface area contributed by atoms with E-state index in [1.165, 1.54) is 18.9 Å². The Hall–Kier alpha value is -6.38. The lowest BCUT2D eigenvalue weighted by atomic mass is 9.81. The zero-order valence-corrected chi connectivity index (χ0v) is 47.7. The largest absolute Gasteiger partial charge is 0.480 e. The Labute approximate surface area is 465 Å². The molecule has 0 heterocycles. The smallest absolute Gasteiger partial charge is 0.408 e. The first-order valence-electron chi connectivity index (χ1n) is 27.9. The fraction of sp³-hybridized carbons (Fsp3) is 0.655. The van der Waals surface area contributed by atoms with E-state index < -0.39 is 133 Å². The van der Waals surface area contributed by atoms with Crippen molar-refractivity contribution in [3.8, 4) is 0 Å². The second kappa shape index (κ2) is 33.9. The number of nitrogens with one attached hydrogen (secondary N) is 5. The number of halogens is 2. The number of aliphatic carboxylic acids is 1. The average Bonchev–Trinajstić information content (AvgIpc) is 3.40. The highest BCUT2D eigenvalue weighted by molar-refractivity contribution is 5.95. The first kappa shape index (κ1) is 66.9. The molecule has 0 aliphatic heterocycles. The number of rotatable bonds is 33. The third kappa shape index (κ3) is 25.5. The second-order valence-corrected chi connectivity index (χ2v) is 22.0. The summed E-state index contributed by atoms with van der Waals surface area (Å²) in [6.45, 7) is 12.1. The molecule has 79 heavy (non-hydrogen) atoms. The SMILES string of the molecule is CCCCCCCCCCC(OC(=O)CNC(=O)C(NC(=O)C(CNC(=O)OCc1ccccc1)NC(=O)C(NC(=O)OC(C)(C)C)C1CCC(F)(F)CC1)C(C)OCc1ccccc1)C(C)C(=O)N(C)C(CC(C)C)C(=O)O. The fourth-order valence-electron chi connectivity index (χ4n) is 9.08. The van der Waals surface area contributed by atoms with E-state index in [4.69, 9.17) is 18.9 Å². The van der Waals surface area contributed by atoms with E-state index in [9.17, 15) is 52.2 Å². The normalized spacial score (nSPS) is 16.1. The van der Waals surface area contributed by atoms with Crippen LogP contribution in [0.3, 0.4) is 0 Å². The lowest BCUT2D eigenvalue weighted by Crippen LogP contribution is -2.62. The zero-order chi connectivity index (χ0) is 58.7. The summed E-state index contributed by atoms with van der Waals surface area (Å²) in [6, 6.07) is 11.7. The molecule has 442 valence electrons. The van der Waals surface area contributed by atoms with Crippen LogP contribution in [0.1, 0.15) is 156 Å². The van der Waals surface area contributed by atoms with E-state index in [2.05, 4.69) is 33.5 Å². The molecule has 0 bridgehead atoms. The molecule has 6 amide bonds. The van der Waals surface area contributed by atoms with Gasteiger partial charge in [0.15, 0.2) is 0 Å². The van der Waals surface area contributed by atoms with Crippen molar-refractivity contribution in [2.75, 3.05) is 20.1 Å². The summed E-state index contributed by atoms with van der Waals surface area (Å²) in [7, 11) is 1.41. The number of nitrogens with zero attached hydrogens (tertiary/aromatic N) is 1. The highest BCUT2D eigenvalue weighted by Crippen LogP contribution is 2.37. The van der Waals surface area contributed by atoms with Crippen LogP contribution < -0.4 is 26.6 Å². The van der Waals surface area contributed by atoms with Gasteiger partial charge in [0.25, 0.3) is 0 Å². The summed E-state index contributed by atoms with van der Waals surface area (Å²) >= 11 is 0. The lowest BCUT2D eigenvalue weighted by Gasteiger charge is -2.34. The molecule has 6 N–H and O–H groups in total. The number of hydrogen-bond acceptors (Lipinski definition) is 12. The van der Waals surface area contributed by atoms with Crippen LogP contribution >= 0.6 is 0 Å². The number of esters is 1. The van der Waals surface area contributed by atoms with Gasteiger partial charge in [-0.05, 0) is 82.8 Å². The van der Waals surface area contributed by atoms with E-state index in [1.54, 1.807) is 88.4 Å². The summed E-state index contributed by atoms with van der Waals surface area (Å²) in [4.78, 5) is 111. The predicted molar refractivity (Wildman–Crippen MR) is 292 cm³/mol. The summed E-state index contributed by atoms with van der Waals surface area (Å²) in [6.07, 6.45) is 2.72. The molecule has 2 aromatic carbocycles.